The molecule has 0 spiro atoms. The first-order chi connectivity index (χ1) is 5.69. The van der Waals surface area contributed by atoms with Gasteiger partial charge in [-0.15, -0.1) is 0 Å². The van der Waals surface area contributed by atoms with E-state index in [1.165, 1.54) is 0 Å². The van der Waals surface area contributed by atoms with Crippen molar-refractivity contribution in [3.8, 4) is 0 Å². The standard InChI is InChI=1S/C9H12ClNS/c1-2-7-3-6(5-12)4-8(10)9(7)11/h3-4,12H,2,5,11H2,1H3. The number of aryl methyl sites for hydroxylation is 1. The van der Waals surface area contributed by atoms with E-state index >= 15 is 0 Å². The molecular formula is C9H12ClNS. The zero-order valence-corrected chi connectivity index (χ0v) is 8.62. The second-order valence-electron chi connectivity index (χ2n) is 2.66. The molecule has 0 heterocycles. The Labute approximate surface area is 83.3 Å². The highest BCUT2D eigenvalue weighted by Gasteiger charge is 2.03. The van der Waals surface area contributed by atoms with E-state index < -0.39 is 0 Å². The highest BCUT2D eigenvalue weighted by atomic mass is 35.5. The monoisotopic (exact) mass is 201 g/mol. The van der Waals surface area contributed by atoms with Gasteiger partial charge in [-0.05, 0) is 23.6 Å². The molecule has 3 heteroatoms. The van der Waals surface area contributed by atoms with Crippen LogP contribution in [-0.2, 0) is 12.2 Å². The van der Waals surface area contributed by atoms with Crippen molar-refractivity contribution in [1.82, 2.24) is 0 Å². The van der Waals surface area contributed by atoms with E-state index in [0.29, 0.717) is 16.5 Å². The largest absolute Gasteiger partial charge is 0.397 e. The predicted octanol–water partition coefficient (Wildman–Crippen LogP) is 2.91. The molecule has 0 unspecified atom stereocenters. The average Bonchev–Trinajstić information content (AvgIpc) is 2.09. The molecule has 1 rings (SSSR count). The topological polar surface area (TPSA) is 26.0 Å². The third-order valence-corrected chi connectivity index (χ3v) is 2.52. The van der Waals surface area contributed by atoms with Crippen molar-refractivity contribution in [3.05, 3.63) is 28.3 Å². The Bertz CT molecular complexity index is 286. The predicted molar refractivity (Wildman–Crippen MR) is 57.9 cm³/mol. The van der Waals surface area contributed by atoms with Crippen LogP contribution in [0.2, 0.25) is 5.02 Å². The van der Waals surface area contributed by atoms with Crippen LogP contribution in [0.25, 0.3) is 0 Å². The SMILES string of the molecule is CCc1cc(CS)cc(Cl)c1N. The summed E-state index contributed by atoms with van der Waals surface area (Å²) in [5.74, 6) is 0.701. The molecule has 66 valence electrons. The first kappa shape index (κ1) is 9.75. The lowest BCUT2D eigenvalue weighted by Gasteiger charge is -2.07. The van der Waals surface area contributed by atoms with Gasteiger partial charge < -0.3 is 5.73 Å². The summed E-state index contributed by atoms with van der Waals surface area (Å²) in [6, 6.07) is 3.91. The quantitative estimate of drug-likeness (QED) is 0.559. The lowest BCUT2D eigenvalue weighted by atomic mass is 10.1. The number of nitrogens with two attached hydrogens (primary N) is 1. The van der Waals surface area contributed by atoms with Crippen molar-refractivity contribution in [2.24, 2.45) is 0 Å². The van der Waals surface area contributed by atoms with Gasteiger partial charge in [0, 0.05) is 5.75 Å². The van der Waals surface area contributed by atoms with Crippen molar-refractivity contribution in [3.63, 3.8) is 0 Å². The van der Waals surface area contributed by atoms with E-state index in [0.717, 1.165) is 17.5 Å². The molecule has 0 radical (unpaired) electrons. The van der Waals surface area contributed by atoms with Gasteiger partial charge >= 0.3 is 0 Å². The lowest BCUT2D eigenvalue weighted by molar-refractivity contribution is 1.13. The van der Waals surface area contributed by atoms with Gasteiger partial charge in [0.2, 0.25) is 0 Å². The van der Waals surface area contributed by atoms with E-state index in [9.17, 15) is 0 Å². The van der Waals surface area contributed by atoms with Crippen LogP contribution in [0.3, 0.4) is 0 Å². The van der Waals surface area contributed by atoms with Crippen molar-refractivity contribution in [2.45, 2.75) is 19.1 Å². The molecule has 12 heavy (non-hydrogen) atoms. The minimum Gasteiger partial charge on any atom is -0.397 e. The van der Waals surface area contributed by atoms with Crippen molar-refractivity contribution >= 4 is 29.9 Å². The van der Waals surface area contributed by atoms with Gasteiger partial charge in [-0.2, -0.15) is 12.6 Å². The minimum absolute atomic E-state index is 0.637. The highest BCUT2D eigenvalue weighted by Crippen LogP contribution is 2.25. The Kier molecular flexibility index (Phi) is 3.29. The van der Waals surface area contributed by atoms with E-state index in [2.05, 4.69) is 19.6 Å². The van der Waals surface area contributed by atoms with Crippen LogP contribution < -0.4 is 5.73 Å². The van der Waals surface area contributed by atoms with Crippen molar-refractivity contribution in [2.75, 3.05) is 5.73 Å². The van der Waals surface area contributed by atoms with Crippen molar-refractivity contribution in [1.29, 1.82) is 0 Å². The molecule has 0 aliphatic heterocycles. The minimum atomic E-state index is 0.637. The van der Waals surface area contributed by atoms with Crippen LogP contribution in [0.4, 0.5) is 5.69 Å². The Morgan fingerprint density at radius 2 is 2.17 bits per heavy atom. The molecule has 2 N–H and O–H groups in total. The van der Waals surface area contributed by atoms with Gasteiger partial charge in [0.15, 0.2) is 0 Å². The van der Waals surface area contributed by atoms with Crippen LogP contribution in [0.1, 0.15) is 18.1 Å². The summed E-state index contributed by atoms with van der Waals surface area (Å²) >= 11 is 10.1. The molecule has 0 aliphatic rings. The van der Waals surface area contributed by atoms with Gasteiger partial charge in [-0.1, -0.05) is 24.6 Å². The fraction of sp³-hybridized carbons (Fsp3) is 0.333. The Hall–Kier alpha value is -0.340. The maximum absolute atomic E-state index is 5.92. The maximum atomic E-state index is 5.92. The second-order valence-corrected chi connectivity index (χ2v) is 3.39. The second kappa shape index (κ2) is 4.06. The van der Waals surface area contributed by atoms with Gasteiger partial charge in [-0.3, -0.25) is 0 Å². The Balaban J connectivity index is 3.19. The van der Waals surface area contributed by atoms with Crippen LogP contribution in [0, 0.1) is 0 Å². The number of halogens is 1. The van der Waals surface area contributed by atoms with Gasteiger partial charge in [0.05, 0.1) is 10.7 Å². The molecule has 0 aromatic heterocycles. The van der Waals surface area contributed by atoms with E-state index in [1.807, 2.05) is 12.1 Å². The number of rotatable bonds is 2. The molecule has 0 fully saturated rings. The lowest BCUT2D eigenvalue weighted by Crippen LogP contribution is -1.95. The third kappa shape index (κ3) is 1.87. The molecule has 0 aliphatic carbocycles. The maximum Gasteiger partial charge on any atom is 0.0641 e. The average molecular weight is 202 g/mol. The first-order valence-corrected chi connectivity index (χ1v) is 4.87. The summed E-state index contributed by atoms with van der Waals surface area (Å²) in [5.41, 5.74) is 8.68. The molecule has 0 saturated heterocycles. The van der Waals surface area contributed by atoms with Gasteiger partial charge in [0.1, 0.15) is 0 Å². The summed E-state index contributed by atoms with van der Waals surface area (Å²) in [5, 5.41) is 0.637. The summed E-state index contributed by atoms with van der Waals surface area (Å²) in [6.45, 7) is 2.06. The van der Waals surface area contributed by atoms with Crippen molar-refractivity contribution < 1.29 is 0 Å². The number of thiol groups is 1. The van der Waals surface area contributed by atoms with E-state index in [4.69, 9.17) is 17.3 Å². The first-order valence-electron chi connectivity index (χ1n) is 3.86. The third-order valence-electron chi connectivity index (χ3n) is 1.84. The van der Waals surface area contributed by atoms with E-state index in [-0.39, 0.29) is 0 Å². The van der Waals surface area contributed by atoms with Crippen LogP contribution >= 0.6 is 24.2 Å². The molecule has 1 aromatic carbocycles. The zero-order valence-electron chi connectivity index (χ0n) is 6.97. The fourth-order valence-corrected chi connectivity index (χ4v) is 1.57. The zero-order chi connectivity index (χ0) is 9.14. The number of hydrogen-bond acceptors (Lipinski definition) is 2. The Morgan fingerprint density at radius 3 is 2.67 bits per heavy atom. The molecule has 0 bridgehead atoms. The smallest absolute Gasteiger partial charge is 0.0641 e. The molecular weight excluding hydrogens is 190 g/mol. The number of hydrogen-bond donors (Lipinski definition) is 2. The molecule has 0 amide bonds. The molecule has 1 nitrogen and oxygen atoms in total. The number of nitrogen functional groups attached to an aromatic ring is 1. The molecule has 1 aromatic rings. The number of benzene rings is 1. The normalized spacial score (nSPS) is 10.2. The van der Waals surface area contributed by atoms with Crippen LogP contribution in [-0.4, -0.2) is 0 Å². The number of anilines is 1. The fourth-order valence-electron chi connectivity index (χ4n) is 1.12. The summed E-state index contributed by atoms with van der Waals surface area (Å²) in [6.07, 6.45) is 0.910. The highest BCUT2D eigenvalue weighted by molar-refractivity contribution is 7.79. The molecule has 0 atom stereocenters. The summed E-state index contributed by atoms with van der Waals surface area (Å²) in [4.78, 5) is 0. The summed E-state index contributed by atoms with van der Waals surface area (Å²) < 4.78 is 0. The van der Waals surface area contributed by atoms with Gasteiger partial charge in [-0.25, -0.2) is 0 Å². The van der Waals surface area contributed by atoms with Crippen LogP contribution in [0.5, 0.6) is 0 Å². The van der Waals surface area contributed by atoms with E-state index in [1.54, 1.807) is 0 Å². The Morgan fingerprint density at radius 1 is 1.50 bits per heavy atom. The molecule has 0 saturated carbocycles. The van der Waals surface area contributed by atoms with Crippen LogP contribution in [0.15, 0.2) is 12.1 Å². The van der Waals surface area contributed by atoms with Gasteiger partial charge in [0.25, 0.3) is 0 Å². The summed E-state index contributed by atoms with van der Waals surface area (Å²) in [7, 11) is 0.